The molecule has 100 valence electrons. The third-order valence-electron chi connectivity index (χ3n) is 3.11. The fraction of sp³-hybridized carbons (Fsp3) is 0.667. The molecule has 2 aliphatic rings. The summed E-state index contributed by atoms with van der Waals surface area (Å²) in [5, 5.41) is 8.98. The number of hydrogen-bond donors (Lipinski definition) is 1. The molecule has 6 heteroatoms. The minimum Gasteiger partial charge on any atom is -0.477 e. The number of carboxylic acids is 1. The maximum absolute atomic E-state index is 11.9. The van der Waals surface area contributed by atoms with E-state index in [1.807, 2.05) is 0 Å². The van der Waals surface area contributed by atoms with E-state index < -0.39 is 12.1 Å². The first kappa shape index (κ1) is 13.4. The Kier molecular flexibility index (Phi) is 3.97. The molecule has 1 amide bonds. The highest BCUT2D eigenvalue weighted by atomic mass is 32.2. The van der Waals surface area contributed by atoms with Gasteiger partial charge in [0.1, 0.15) is 11.1 Å². The minimum absolute atomic E-state index is 0.138. The van der Waals surface area contributed by atoms with Crippen molar-refractivity contribution in [3.63, 3.8) is 0 Å². The van der Waals surface area contributed by atoms with Gasteiger partial charge in [-0.1, -0.05) is 13.3 Å². The Morgan fingerprint density at radius 1 is 1.61 bits per heavy atom. The number of carbonyl (C=O) groups is 2. The monoisotopic (exact) mass is 271 g/mol. The van der Waals surface area contributed by atoms with Gasteiger partial charge in [0.25, 0.3) is 5.91 Å². The van der Waals surface area contributed by atoms with E-state index in [0.717, 1.165) is 18.4 Å². The lowest BCUT2D eigenvalue weighted by atomic mass is 10.1. The van der Waals surface area contributed by atoms with Crippen LogP contribution >= 0.6 is 11.8 Å². The Morgan fingerprint density at radius 3 is 2.94 bits per heavy atom. The number of β-lactam (4-membered cyclic amide) rings is 1. The molecule has 2 aliphatic heterocycles. The summed E-state index contributed by atoms with van der Waals surface area (Å²) >= 11 is 1.57. The number of aliphatic carboxylic acids is 1. The van der Waals surface area contributed by atoms with Gasteiger partial charge in [-0.15, -0.1) is 11.8 Å². The number of hydrogen-bond acceptors (Lipinski definition) is 4. The smallest absolute Gasteiger partial charge is 0.352 e. The number of unbranched alkanes of at least 4 members (excludes halogenated alkanes) is 1. The van der Waals surface area contributed by atoms with Gasteiger partial charge in [-0.05, 0) is 18.9 Å². The Bertz CT molecular complexity index is 407. The Labute approximate surface area is 110 Å². The number of fused-ring (bicyclic) bond motifs is 1. The molecule has 0 spiro atoms. The predicted molar refractivity (Wildman–Crippen MR) is 68.1 cm³/mol. The van der Waals surface area contributed by atoms with Crippen molar-refractivity contribution >= 4 is 23.6 Å². The Morgan fingerprint density at radius 2 is 2.33 bits per heavy atom. The van der Waals surface area contributed by atoms with E-state index in [4.69, 9.17) is 9.84 Å². The van der Waals surface area contributed by atoms with Crippen molar-refractivity contribution in [1.82, 2.24) is 4.90 Å². The molecule has 1 saturated heterocycles. The quantitative estimate of drug-likeness (QED) is 0.605. The number of amides is 1. The molecule has 2 heterocycles. The van der Waals surface area contributed by atoms with Crippen LogP contribution < -0.4 is 0 Å². The molecule has 0 aromatic rings. The van der Waals surface area contributed by atoms with Crippen molar-refractivity contribution in [3.8, 4) is 0 Å². The number of carboxylic acid groups (broad SMARTS) is 1. The molecule has 1 fully saturated rings. The van der Waals surface area contributed by atoms with Crippen LogP contribution in [-0.4, -0.2) is 45.7 Å². The standard InChI is InChI=1S/C12H17NO4S/c1-3-4-5-17-9-10(14)13-8(12(15)16)7(2)6-18-11(9)13/h9,11H,3-6H2,1-2H3,(H,15,16)/t9-,11+/m0/s1. The topological polar surface area (TPSA) is 66.8 Å². The number of carbonyl (C=O) groups excluding carboxylic acids is 1. The van der Waals surface area contributed by atoms with Gasteiger partial charge < -0.3 is 9.84 Å². The van der Waals surface area contributed by atoms with Crippen LogP contribution in [-0.2, 0) is 14.3 Å². The van der Waals surface area contributed by atoms with Crippen LogP contribution in [0.4, 0.5) is 0 Å². The molecule has 0 aliphatic carbocycles. The van der Waals surface area contributed by atoms with Crippen LogP contribution in [0, 0.1) is 0 Å². The second kappa shape index (κ2) is 5.32. The molecular formula is C12H17NO4S. The van der Waals surface area contributed by atoms with Crippen molar-refractivity contribution in [1.29, 1.82) is 0 Å². The van der Waals surface area contributed by atoms with E-state index in [-0.39, 0.29) is 17.0 Å². The van der Waals surface area contributed by atoms with Gasteiger partial charge in [-0.25, -0.2) is 4.79 Å². The van der Waals surface area contributed by atoms with E-state index in [1.54, 1.807) is 18.7 Å². The van der Waals surface area contributed by atoms with Gasteiger partial charge >= 0.3 is 5.97 Å². The second-order valence-corrected chi connectivity index (χ2v) is 5.59. The molecule has 5 nitrogen and oxygen atoms in total. The molecule has 1 N–H and O–H groups in total. The summed E-state index contributed by atoms with van der Waals surface area (Å²) in [6, 6.07) is 0. The van der Waals surface area contributed by atoms with E-state index >= 15 is 0 Å². The molecule has 0 aromatic carbocycles. The summed E-state index contributed by atoms with van der Waals surface area (Å²) in [6.45, 7) is 4.37. The zero-order valence-corrected chi connectivity index (χ0v) is 11.3. The second-order valence-electron chi connectivity index (χ2n) is 4.49. The van der Waals surface area contributed by atoms with E-state index in [1.165, 1.54) is 4.90 Å². The van der Waals surface area contributed by atoms with Crippen molar-refractivity contribution < 1.29 is 19.4 Å². The van der Waals surface area contributed by atoms with Gasteiger partial charge in [-0.2, -0.15) is 0 Å². The molecule has 0 radical (unpaired) electrons. The molecule has 0 unspecified atom stereocenters. The fourth-order valence-corrected chi connectivity index (χ4v) is 3.40. The van der Waals surface area contributed by atoms with Gasteiger partial charge in [0.2, 0.25) is 0 Å². The zero-order chi connectivity index (χ0) is 13.3. The SMILES string of the molecule is CCCCO[C@H]1C(=O)N2C(C(=O)O)=C(C)CS[C@H]12. The summed E-state index contributed by atoms with van der Waals surface area (Å²) in [5.74, 6) is -0.609. The summed E-state index contributed by atoms with van der Waals surface area (Å²) < 4.78 is 5.54. The van der Waals surface area contributed by atoms with Crippen molar-refractivity contribution in [3.05, 3.63) is 11.3 Å². The van der Waals surface area contributed by atoms with Crippen molar-refractivity contribution in [2.24, 2.45) is 0 Å². The zero-order valence-electron chi connectivity index (χ0n) is 10.5. The summed E-state index contributed by atoms with van der Waals surface area (Å²) in [7, 11) is 0. The third kappa shape index (κ3) is 2.14. The lowest BCUT2D eigenvalue weighted by molar-refractivity contribution is -0.165. The Hall–Kier alpha value is -1.01. The molecule has 0 aromatic heterocycles. The normalized spacial score (nSPS) is 27.0. The van der Waals surface area contributed by atoms with Gasteiger partial charge in [0.15, 0.2) is 6.10 Å². The number of thioether (sulfide) groups is 1. The van der Waals surface area contributed by atoms with Crippen LogP contribution in [0.25, 0.3) is 0 Å². The predicted octanol–water partition coefficient (Wildman–Crippen LogP) is 1.45. The highest BCUT2D eigenvalue weighted by Gasteiger charge is 2.53. The first-order valence-corrected chi connectivity index (χ1v) is 7.12. The lowest BCUT2D eigenvalue weighted by Gasteiger charge is -2.48. The summed E-state index contributed by atoms with van der Waals surface area (Å²) in [6.07, 6.45) is 1.47. The van der Waals surface area contributed by atoms with Crippen LogP contribution in [0.2, 0.25) is 0 Å². The first-order valence-electron chi connectivity index (χ1n) is 6.07. The molecule has 2 atom stereocenters. The van der Waals surface area contributed by atoms with Crippen LogP contribution in [0.5, 0.6) is 0 Å². The third-order valence-corrected chi connectivity index (χ3v) is 4.51. The van der Waals surface area contributed by atoms with Crippen molar-refractivity contribution in [2.75, 3.05) is 12.4 Å². The maximum Gasteiger partial charge on any atom is 0.352 e. The highest BCUT2D eigenvalue weighted by molar-refractivity contribution is 8.00. The fourth-order valence-electron chi connectivity index (χ4n) is 2.12. The van der Waals surface area contributed by atoms with Crippen LogP contribution in [0.15, 0.2) is 11.3 Å². The van der Waals surface area contributed by atoms with Crippen molar-refractivity contribution in [2.45, 2.75) is 38.2 Å². The van der Waals surface area contributed by atoms with E-state index in [9.17, 15) is 9.59 Å². The maximum atomic E-state index is 11.9. The minimum atomic E-state index is -1.03. The lowest BCUT2D eigenvalue weighted by Crippen LogP contribution is -2.65. The van der Waals surface area contributed by atoms with Crippen LogP contribution in [0.1, 0.15) is 26.7 Å². The molecule has 18 heavy (non-hydrogen) atoms. The van der Waals surface area contributed by atoms with Gasteiger partial charge in [-0.3, -0.25) is 9.69 Å². The highest BCUT2D eigenvalue weighted by Crippen LogP contribution is 2.41. The number of rotatable bonds is 5. The molecule has 2 rings (SSSR count). The van der Waals surface area contributed by atoms with Gasteiger partial charge in [0.05, 0.1) is 0 Å². The number of ether oxygens (including phenoxy) is 1. The number of nitrogens with zero attached hydrogens (tertiary/aromatic N) is 1. The Balaban J connectivity index is 2.06. The van der Waals surface area contributed by atoms with E-state index in [0.29, 0.717) is 12.4 Å². The molecule has 0 saturated carbocycles. The summed E-state index contributed by atoms with van der Waals surface area (Å²) in [5.41, 5.74) is 0.878. The average Bonchev–Trinajstić information content (AvgIpc) is 2.34. The van der Waals surface area contributed by atoms with Gasteiger partial charge in [0, 0.05) is 12.4 Å². The molecular weight excluding hydrogens is 254 g/mol. The first-order chi connectivity index (χ1) is 8.57. The average molecular weight is 271 g/mol. The molecule has 0 bridgehead atoms. The van der Waals surface area contributed by atoms with E-state index in [2.05, 4.69) is 6.92 Å². The van der Waals surface area contributed by atoms with Crippen LogP contribution in [0.3, 0.4) is 0 Å². The summed E-state index contributed by atoms with van der Waals surface area (Å²) in [4.78, 5) is 24.5. The largest absolute Gasteiger partial charge is 0.477 e.